The van der Waals surface area contributed by atoms with Crippen LogP contribution in [-0.2, 0) is 14.8 Å². The van der Waals surface area contributed by atoms with Crippen molar-refractivity contribution in [3.63, 3.8) is 0 Å². The van der Waals surface area contributed by atoms with Gasteiger partial charge in [-0.1, -0.05) is 0 Å². The predicted octanol–water partition coefficient (Wildman–Crippen LogP) is 0.702. The monoisotopic (exact) mass is 300 g/mol. The maximum absolute atomic E-state index is 12.2. The van der Waals surface area contributed by atoms with E-state index < -0.39 is 10.0 Å². The van der Waals surface area contributed by atoms with E-state index in [-0.39, 0.29) is 16.8 Å². The molecule has 0 fully saturated rings. The zero-order chi connectivity index (χ0) is 15.3. The van der Waals surface area contributed by atoms with Crippen molar-refractivity contribution in [2.45, 2.75) is 17.9 Å². The van der Waals surface area contributed by atoms with E-state index in [1.54, 1.807) is 19.1 Å². The van der Waals surface area contributed by atoms with E-state index in [1.165, 1.54) is 31.3 Å². The van der Waals surface area contributed by atoms with Crippen molar-refractivity contribution in [2.75, 3.05) is 27.8 Å². The number of ether oxygens (including phenoxy) is 1. The molecule has 1 amide bonds. The number of hydrogen-bond donors (Lipinski definition) is 1. The second kappa shape index (κ2) is 6.83. The van der Waals surface area contributed by atoms with Crippen LogP contribution in [0.4, 0.5) is 0 Å². The molecule has 1 N–H and O–H groups in total. The minimum Gasteiger partial charge on any atom is -0.383 e. The molecular weight excluding hydrogens is 280 g/mol. The van der Waals surface area contributed by atoms with Gasteiger partial charge in [0.25, 0.3) is 5.91 Å². The Morgan fingerprint density at radius 3 is 2.35 bits per heavy atom. The summed E-state index contributed by atoms with van der Waals surface area (Å²) in [7, 11) is 1.12. The summed E-state index contributed by atoms with van der Waals surface area (Å²) in [4.78, 5) is 13.9. The van der Waals surface area contributed by atoms with Gasteiger partial charge in [-0.3, -0.25) is 4.79 Å². The van der Waals surface area contributed by atoms with Crippen LogP contribution in [0.3, 0.4) is 0 Å². The zero-order valence-electron chi connectivity index (χ0n) is 12.1. The number of methoxy groups -OCH3 is 1. The number of benzene rings is 1. The number of carbonyl (C=O) groups is 1. The molecule has 1 aromatic rings. The molecule has 0 aliphatic carbocycles. The molecule has 1 rings (SSSR count). The highest BCUT2D eigenvalue weighted by atomic mass is 32.2. The second-order valence-corrected chi connectivity index (χ2v) is 6.34. The van der Waals surface area contributed by atoms with Crippen LogP contribution in [0.1, 0.15) is 17.3 Å². The number of nitrogens with one attached hydrogen (secondary N) is 1. The third kappa shape index (κ3) is 3.78. The standard InChI is InChI=1S/C13H20N2O4S/c1-10(9-19-4)15(3)13(16)11-5-7-12(8-6-11)20(17,18)14-2/h5-8,10,14H,9H2,1-4H3/t10-/m1/s1. The van der Waals surface area contributed by atoms with Crippen LogP contribution in [-0.4, -0.2) is 53.1 Å². The smallest absolute Gasteiger partial charge is 0.253 e. The van der Waals surface area contributed by atoms with E-state index >= 15 is 0 Å². The summed E-state index contributed by atoms with van der Waals surface area (Å²) >= 11 is 0. The highest BCUT2D eigenvalue weighted by Gasteiger charge is 2.18. The van der Waals surface area contributed by atoms with Gasteiger partial charge in [-0.2, -0.15) is 0 Å². The third-order valence-electron chi connectivity index (χ3n) is 3.07. The number of carbonyl (C=O) groups excluding carboxylic acids is 1. The maximum atomic E-state index is 12.2. The van der Waals surface area contributed by atoms with Crippen molar-refractivity contribution in [2.24, 2.45) is 0 Å². The Balaban J connectivity index is 2.91. The summed E-state index contributed by atoms with van der Waals surface area (Å²) in [5, 5.41) is 0. The van der Waals surface area contributed by atoms with E-state index in [0.29, 0.717) is 12.2 Å². The Morgan fingerprint density at radius 1 is 1.35 bits per heavy atom. The van der Waals surface area contributed by atoms with Gasteiger partial charge in [0.15, 0.2) is 0 Å². The van der Waals surface area contributed by atoms with Gasteiger partial charge in [0, 0.05) is 19.7 Å². The fourth-order valence-corrected chi connectivity index (χ4v) is 2.38. The molecule has 0 aliphatic heterocycles. The van der Waals surface area contributed by atoms with Crippen LogP contribution < -0.4 is 4.72 Å². The lowest BCUT2D eigenvalue weighted by atomic mass is 10.2. The number of nitrogens with zero attached hydrogens (tertiary/aromatic N) is 1. The molecule has 112 valence electrons. The SMILES string of the molecule is CNS(=O)(=O)c1ccc(C(=O)N(C)[C@H](C)COC)cc1. The number of amides is 1. The van der Waals surface area contributed by atoms with Gasteiger partial charge in [-0.05, 0) is 38.2 Å². The average Bonchev–Trinajstić information content (AvgIpc) is 2.46. The molecule has 1 aromatic carbocycles. The topological polar surface area (TPSA) is 75.7 Å². The van der Waals surface area contributed by atoms with Gasteiger partial charge in [0.05, 0.1) is 17.5 Å². The van der Waals surface area contributed by atoms with E-state index in [9.17, 15) is 13.2 Å². The van der Waals surface area contributed by atoms with Crippen molar-refractivity contribution in [1.82, 2.24) is 9.62 Å². The molecule has 0 saturated heterocycles. The van der Waals surface area contributed by atoms with Crippen molar-refractivity contribution in [3.8, 4) is 0 Å². The van der Waals surface area contributed by atoms with E-state index in [1.807, 2.05) is 6.92 Å². The largest absolute Gasteiger partial charge is 0.383 e. The first-order chi connectivity index (χ1) is 9.33. The Bertz CT molecular complexity index is 554. The Kier molecular flexibility index (Phi) is 5.67. The first-order valence-corrected chi connectivity index (χ1v) is 7.61. The molecule has 0 heterocycles. The van der Waals surface area contributed by atoms with E-state index in [2.05, 4.69) is 4.72 Å². The molecule has 6 nitrogen and oxygen atoms in total. The lowest BCUT2D eigenvalue weighted by Crippen LogP contribution is -2.37. The van der Waals surface area contributed by atoms with Crippen LogP contribution in [0, 0.1) is 0 Å². The van der Waals surface area contributed by atoms with Gasteiger partial charge >= 0.3 is 0 Å². The van der Waals surface area contributed by atoms with Gasteiger partial charge < -0.3 is 9.64 Å². The van der Waals surface area contributed by atoms with E-state index in [0.717, 1.165) is 0 Å². The molecule has 20 heavy (non-hydrogen) atoms. The summed E-state index contributed by atoms with van der Waals surface area (Å²) in [5.74, 6) is -0.178. The van der Waals surface area contributed by atoms with Gasteiger partial charge in [0.1, 0.15) is 0 Å². The minimum absolute atomic E-state index is 0.0618. The fraction of sp³-hybridized carbons (Fsp3) is 0.462. The molecule has 0 aliphatic rings. The summed E-state index contributed by atoms with van der Waals surface area (Å²) in [6.45, 7) is 2.32. The van der Waals surface area contributed by atoms with Crippen LogP contribution in [0.25, 0.3) is 0 Å². The molecule has 0 aromatic heterocycles. The second-order valence-electron chi connectivity index (χ2n) is 4.45. The van der Waals surface area contributed by atoms with Gasteiger partial charge in [0.2, 0.25) is 10.0 Å². The first kappa shape index (κ1) is 16.6. The number of hydrogen-bond acceptors (Lipinski definition) is 4. The lowest BCUT2D eigenvalue weighted by Gasteiger charge is -2.24. The molecular formula is C13H20N2O4S. The van der Waals surface area contributed by atoms with Crippen molar-refractivity contribution in [3.05, 3.63) is 29.8 Å². The fourth-order valence-electron chi connectivity index (χ4n) is 1.65. The summed E-state index contributed by atoms with van der Waals surface area (Å²) < 4.78 is 30.4. The van der Waals surface area contributed by atoms with Gasteiger partial charge in [-0.25, -0.2) is 13.1 Å². The zero-order valence-corrected chi connectivity index (χ0v) is 12.9. The molecule has 7 heteroatoms. The van der Waals surface area contributed by atoms with Crippen molar-refractivity contribution < 1.29 is 17.9 Å². The molecule has 0 unspecified atom stereocenters. The summed E-state index contributed by atoms with van der Waals surface area (Å²) in [6, 6.07) is 5.76. The first-order valence-electron chi connectivity index (χ1n) is 6.13. The minimum atomic E-state index is -3.48. The van der Waals surface area contributed by atoms with Crippen molar-refractivity contribution in [1.29, 1.82) is 0 Å². The Labute approximate surface area is 119 Å². The predicted molar refractivity (Wildman–Crippen MR) is 76.1 cm³/mol. The highest BCUT2D eigenvalue weighted by Crippen LogP contribution is 2.12. The number of sulfonamides is 1. The third-order valence-corrected chi connectivity index (χ3v) is 4.50. The van der Waals surface area contributed by atoms with Gasteiger partial charge in [-0.15, -0.1) is 0 Å². The molecule has 0 spiro atoms. The van der Waals surface area contributed by atoms with Crippen LogP contribution >= 0.6 is 0 Å². The molecule has 0 saturated carbocycles. The van der Waals surface area contributed by atoms with Crippen LogP contribution in [0.5, 0.6) is 0 Å². The number of likely N-dealkylation sites (N-methyl/N-ethyl adjacent to an activating group) is 1. The van der Waals surface area contributed by atoms with E-state index in [4.69, 9.17) is 4.74 Å². The summed E-state index contributed by atoms with van der Waals surface area (Å²) in [5.41, 5.74) is 0.436. The maximum Gasteiger partial charge on any atom is 0.253 e. The summed E-state index contributed by atoms with van der Waals surface area (Å²) in [6.07, 6.45) is 0. The van der Waals surface area contributed by atoms with Crippen molar-refractivity contribution >= 4 is 15.9 Å². The van der Waals surface area contributed by atoms with Crippen LogP contribution in [0.15, 0.2) is 29.2 Å². The van der Waals surface area contributed by atoms with Crippen LogP contribution in [0.2, 0.25) is 0 Å². The lowest BCUT2D eigenvalue weighted by molar-refractivity contribution is 0.0633. The average molecular weight is 300 g/mol. The number of rotatable bonds is 6. The highest BCUT2D eigenvalue weighted by molar-refractivity contribution is 7.89. The normalized spacial score (nSPS) is 13.0. The Hall–Kier alpha value is -1.44. The molecule has 1 atom stereocenters. The molecule has 0 radical (unpaired) electrons. The Morgan fingerprint density at radius 2 is 1.90 bits per heavy atom. The quantitative estimate of drug-likeness (QED) is 0.839. The molecule has 0 bridgehead atoms.